The molecule has 0 aliphatic rings. The van der Waals surface area contributed by atoms with Crippen molar-refractivity contribution in [2.24, 2.45) is 5.10 Å². The van der Waals surface area contributed by atoms with Gasteiger partial charge in [0.2, 0.25) is 5.78 Å². The molecule has 0 saturated carbocycles. The maximum absolute atomic E-state index is 12.3. The highest BCUT2D eigenvalue weighted by atomic mass is 16.5. The summed E-state index contributed by atoms with van der Waals surface area (Å²) in [5.74, 6) is -0.281. The second-order valence-electron chi connectivity index (χ2n) is 6.18. The van der Waals surface area contributed by atoms with Gasteiger partial charge in [-0.3, -0.25) is 4.79 Å². The normalized spacial score (nSPS) is 11.9. The third-order valence-electron chi connectivity index (χ3n) is 3.10. The van der Waals surface area contributed by atoms with Crippen molar-refractivity contribution in [1.82, 2.24) is 5.16 Å². The summed E-state index contributed by atoms with van der Waals surface area (Å²) in [4.78, 5) is 15.5. The van der Waals surface area contributed by atoms with Gasteiger partial charge < -0.3 is 9.37 Å². The van der Waals surface area contributed by atoms with E-state index in [0.717, 1.165) is 5.56 Å². The zero-order valence-electron chi connectivity index (χ0n) is 13.5. The Morgan fingerprint density at radius 1 is 1.35 bits per heavy atom. The number of carbonyl (C=O) groups excluding carboxylic acids is 1. The number of rotatable bonds is 4. The Kier molecular flexibility index (Phi) is 4.60. The third kappa shape index (κ3) is 4.04. The van der Waals surface area contributed by atoms with E-state index in [-0.39, 0.29) is 16.9 Å². The molecule has 0 atom stereocenters. The van der Waals surface area contributed by atoms with Crippen molar-refractivity contribution in [2.45, 2.75) is 33.1 Å². The minimum atomic E-state index is -0.570. The highest BCUT2D eigenvalue weighted by Gasteiger charge is 2.24. The van der Waals surface area contributed by atoms with E-state index in [1.165, 1.54) is 0 Å². The molecule has 2 aromatic rings. The Labute approximate surface area is 135 Å². The topological polar surface area (TPSA) is 71.8 Å². The summed E-state index contributed by atoms with van der Waals surface area (Å²) >= 11 is 0. The summed E-state index contributed by atoms with van der Waals surface area (Å²) in [6.45, 7) is 14.9. The van der Waals surface area contributed by atoms with Gasteiger partial charge in [-0.25, -0.2) is 5.43 Å². The number of hydrogen-bond donors (Lipinski definition) is 1. The van der Waals surface area contributed by atoms with Gasteiger partial charge in [0.25, 0.3) is 0 Å². The fourth-order valence-corrected chi connectivity index (χ4v) is 1.81. The first kappa shape index (κ1) is 16.4. The fraction of sp³-hybridized carbons (Fsp3) is 0.294. The number of anilines is 1. The lowest BCUT2D eigenvalue weighted by molar-refractivity contribution is 0.105. The van der Waals surface area contributed by atoms with Crippen LogP contribution in [0, 0.1) is 13.5 Å². The van der Waals surface area contributed by atoms with Gasteiger partial charge in [-0.15, -0.1) is 0 Å². The summed E-state index contributed by atoms with van der Waals surface area (Å²) in [5, 5.41) is 7.63. The zero-order valence-corrected chi connectivity index (χ0v) is 13.5. The molecule has 23 heavy (non-hydrogen) atoms. The zero-order chi connectivity index (χ0) is 17.0. The Hall–Kier alpha value is -2.94. The number of carbonyl (C=O) groups is 1. The van der Waals surface area contributed by atoms with Crippen LogP contribution < -0.4 is 5.43 Å². The van der Waals surface area contributed by atoms with E-state index in [2.05, 4.69) is 20.5 Å². The van der Waals surface area contributed by atoms with Gasteiger partial charge in [-0.1, -0.05) is 44.6 Å². The standard InChI is InChI=1S/C17H18N4O2/c1-11-7-6-8-12(9-11)19-20-16(18-5)15(22)13-10-14(23-21-13)17(2,3)4/h6-10,19H,1-4H3/b20-16+. The first-order valence-electron chi connectivity index (χ1n) is 7.11. The molecule has 1 heterocycles. The summed E-state index contributed by atoms with van der Waals surface area (Å²) in [5.41, 5.74) is 4.29. The first-order chi connectivity index (χ1) is 10.8. The molecule has 0 bridgehead atoms. The molecule has 0 unspecified atom stereocenters. The lowest BCUT2D eigenvalue weighted by Gasteiger charge is -2.11. The number of ketones is 1. The average molecular weight is 310 g/mol. The molecular weight excluding hydrogens is 292 g/mol. The van der Waals surface area contributed by atoms with Crippen LogP contribution in [0.25, 0.3) is 4.85 Å². The van der Waals surface area contributed by atoms with E-state index in [4.69, 9.17) is 11.1 Å². The Morgan fingerprint density at radius 2 is 2.09 bits per heavy atom. The van der Waals surface area contributed by atoms with Crippen LogP contribution in [0.1, 0.15) is 42.6 Å². The first-order valence-corrected chi connectivity index (χ1v) is 7.11. The van der Waals surface area contributed by atoms with E-state index in [1.807, 2.05) is 45.9 Å². The number of Topliss-reactive ketones (excluding diaryl/α,β-unsaturated/α-hetero) is 1. The van der Waals surface area contributed by atoms with Crippen molar-refractivity contribution < 1.29 is 9.32 Å². The predicted octanol–water partition coefficient (Wildman–Crippen LogP) is 3.81. The number of aromatic nitrogens is 1. The second kappa shape index (κ2) is 6.44. The van der Waals surface area contributed by atoms with Crippen LogP contribution in [-0.4, -0.2) is 16.8 Å². The van der Waals surface area contributed by atoms with Crippen LogP contribution in [0.2, 0.25) is 0 Å². The minimum Gasteiger partial charge on any atom is -0.360 e. The highest BCUT2D eigenvalue weighted by molar-refractivity contribution is 6.48. The smallest absolute Gasteiger partial charge is 0.343 e. The molecule has 6 heteroatoms. The number of benzene rings is 1. The van der Waals surface area contributed by atoms with E-state index >= 15 is 0 Å². The number of hydrazone groups is 1. The highest BCUT2D eigenvalue weighted by Crippen LogP contribution is 2.23. The van der Waals surface area contributed by atoms with Gasteiger partial charge in [-0.05, 0) is 29.7 Å². The van der Waals surface area contributed by atoms with Crippen LogP contribution in [0.5, 0.6) is 0 Å². The molecule has 0 aliphatic heterocycles. The molecule has 0 spiro atoms. The molecule has 2 rings (SSSR count). The van der Waals surface area contributed by atoms with E-state index in [1.54, 1.807) is 12.1 Å². The number of aryl methyl sites for hydroxylation is 1. The van der Waals surface area contributed by atoms with Crippen molar-refractivity contribution in [2.75, 3.05) is 5.43 Å². The third-order valence-corrected chi connectivity index (χ3v) is 3.10. The minimum absolute atomic E-state index is 0.0794. The number of amidine groups is 1. The van der Waals surface area contributed by atoms with Crippen molar-refractivity contribution in [3.05, 3.63) is 58.8 Å². The van der Waals surface area contributed by atoms with Crippen molar-refractivity contribution in [1.29, 1.82) is 0 Å². The quantitative estimate of drug-likeness (QED) is 0.306. The summed E-state index contributed by atoms with van der Waals surface area (Å²) < 4.78 is 5.17. The summed E-state index contributed by atoms with van der Waals surface area (Å²) in [6, 6.07) is 9.02. The Bertz CT molecular complexity index is 791. The van der Waals surface area contributed by atoms with Crippen molar-refractivity contribution >= 4 is 17.3 Å². The van der Waals surface area contributed by atoms with Crippen LogP contribution in [0.15, 0.2) is 40.0 Å². The molecule has 1 aromatic heterocycles. The maximum atomic E-state index is 12.3. The van der Waals surface area contributed by atoms with Gasteiger partial charge in [0.1, 0.15) is 11.5 Å². The Balaban J connectivity index is 2.20. The van der Waals surface area contributed by atoms with E-state index in [9.17, 15) is 4.79 Å². The summed E-state index contributed by atoms with van der Waals surface area (Å²) in [6.07, 6.45) is 0. The van der Waals surface area contributed by atoms with Gasteiger partial charge in [0.05, 0.1) is 5.69 Å². The number of nitrogens with zero attached hydrogens (tertiary/aromatic N) is 3. The number of nitrogens with one attached hydrogen (secondary N) is 1. The summed E-state index contributed by atoms with van der Waals surface area (Å²) in [7, 11) is 0. The largest absolute Gasteiger partial charge is 0.360 e. The van der Waals surface area contributed by atoms with Crippen LogP contribution in [-0.2, 0) is 5.41 Å². The second-order valence-corrected chi connectivity index (χ2v) is 6.18. The van der Waals surface area contributed by atoms with Crippen molar-refractivity contribution in [3.63, 3.8) is 0 Å². The van der Waals surface area contributed by atoms with Gasteiger partial charge >= 0.3 is 5.84 Å². The molecule has 118 valence electrons. The average Bonchev–Trinajstić information content (AvgIpc) is 2.97. The lowest BCUT2D eigenvalue weighted by Crippen LogP contribution is -2.13. The fourth-order valence-electron chi connectivity index (χ4n) is 1.81. The number of hydrogen-bond acceptors (Lipinski definition) is 5. The predicted molar refractivity (Wildman–Crippen MR) is 88.4 cm³/mol. The molecule has 0 amide bonds. The van der Waals surface area contributed by atoms with Gasteiger partial charge in [0.15, 0.2) is 0 Å². The van der Waals surface area contributed by atoms with E-state index < -0.39 is 5.78 Å². The van der Waals surface area contributed by atoms with Gasteiger partial charge in [0, 0.05) is 11.5 Å². The molecular formula is C17H18N4O2. The van der Waals surface area contributed by atoms with Crippen LogP contribution in [0.3, 0.4) is 0 Å². The Morgan fingerprint density at radius 3 is 2.65 bits per heavy atom. The molecule has 1 N–H and O–H groups in total. The van der Waals surface area contributed by atoms with E-state index in [0.29, 0.717) is 11.4 Å². The monoisotopic (exact) mass is 310 g/mol. The molecule has 1 aromatic carbocycles. The molecule has 0 saturated heterocycles. The molecule has 0 aliphatic carbocycles. The van der Waals surface area contributed by atoms with Gasteiger partial charge in [-0.2, -0.15) is 0 Å². The van der Waals surface area contributed by atoms with Crippen LogP contribution in [0.4, 0.5) is 5.69 Å². The maximum Gasteiger partial charge on any atom is 0.343 e. The molecule has 0 radical (unpaired) electrons. The molecule has 0 fully saturated rings. The van der Waals surface area contributed by atoms with Crippen LogP contribution >= 0.6 is 0 Å². The SMILES string of the molecule is [C-]#[N+]/C(=N/Nc1cccc(C)c1)C(=O)c1cc(C(C)(C)C)on1. The van der Waals surface area contributed by atoms with Crippen molar-refractivity contribution in [3.8, 4) is 0 Å². The lowest BCUT2D eigenvalue weighted by atomic mass is 9.93. The molecule has 6 nitrogen and oxygen atoms in total.